The van der Waals surface area contributed by atoms with Crippen LogP contribution in [-0.2, 0) is 4.74 Å². The molecule has 4 heteroatoms. The lowest BCUT2D eigenvalue weighted by molar-refractivity contribution is 0.117. The smallest absolute Gasteiger partial charge is 0.156 e. The summed E-state index contributed by atoms with van der Waals surface area (Å²) in [7, 11) is 0. The zero-order chi connectivity index (χ0) is 12.1. The van der Waals surface area contributed by atoms with E-state index in [0.717, 1.165) is 30.8 Å². The lowest BCUT2D eigenvalue weighted by Crippen LogP contribution is -2.41. The van der Waals surface area contributed by atoms with Crippen molar-refractivity contribution in [2.24, 2.45) is 16.8 Å². The quantitative estimate of drug-likeness (QED) is 0.767. The van der Waals surface area contributed by atoms with Crippen molar-refractivity contribution < 1.29 is 4.74 Å². The Morgan fingerprint density at radius 3 is 3.18 bits per heavy atom. The zero-order valence-corrected chi connectivity index (χ0v) is 11.8. The predicted octanol–water partition coefficient (Wildman–Crippen LogP) is 2.52. The number of fused-ring (bicyclic) bond motifs is 1. The molecule has 0 aromatic heterocycles. The van der Waals surface area contributed by atoms with Crippen molar-refractivity contribution in [1.29, 1.82) is 0 Å². The molecular weight excluding hydrogens is 232 g/mol. The van der Waals surface area contributed by atoms with Gasteiger partial charge >= 0.3 is 0 Å². The Bertz CT molecular complexity index is 268. The monoisotopic (exact) mass is 256 g/mol. The van der Waals surface area contributed by atoms with Crippen LogP contribution in [0.5, 0.6) is 0 Å². The molecule has 1 aliphatic carbocycles. The fourth-order valence-corrected chi connectivity index (χ4v) is 3.62. The molecule has 2 atom stereocenters. The Kier molecular flexibility index (Phi) is 5.16. The van der Waals surface area contributed by atoms with Crippen LogP contribution in [0.2, 0.25) is 0 Å². The SMILES string of the molecule is CC(C)COCCN=C1NC2CCCC2CS1. The molecule has 1 N–H and O–H groups in total. The minimum atomic E-state index is 0.615. The van der Waals surface area contributed by atoms with E-state index in [2.05, 4.69) is 24.2 Å². The van der Waals surface area contributed by atoms with Crippen molar-refractivity contribution in [1.82, 2.24) is 5.32 Å². The topological polar surface area (TPSA) is 33.6 Å². The van der Waals surface area contributed by atoms with Crippen LogP contribution >= 0.6 is 11.8 Å². The lowest BCUT2D eigenvalue weighted by Gasteiger charge is -2.28. The van der Waals surface area contributed by atoms with E-state index >= 15 is 0 Å². The molecule has 0 bridgehead atoms. The number of nitrogens with zero attached hydrogens (tertiary/aromatic N) is 1. The maximum atomic E-state index is 5.53. The summed E-state index contributed by atoms with van der Waals surface area (Å²) < 4.78 is 5.53. The van der Waals surface area contributed by atoms with Crippen LogP contribution in [0.25, 0.3) is 0 Å². The highest BCUT2D eigenvalue weighted by Gasteiger charge is 2.31. The van der Waals surface area contributed by atoms with E-state index in [1.807, 2.05) is 11.8 Å². The zero-order valence-electron chi connectivity index (χ0n) is 10.9. The summed E-state index contributed by atoms with van der Waals surface area (Å²) in [5.41, 5.74) is 0. The fraction of sp³-hybridized carbons (Fsp3) is 0.923. The average Bonchev–Trinajstić information content (AvgIpc) is 2.75. The number of ether oxygens (including phenoxy) is 1. The summed E-state index contributed by atoms with van der Waals surface area (Å²) in [5.74, 6) is 2.75. The van der Waals surface area contributed by atoms with Crippen molar-refractivity contribution in [2.45, 2.75) is 39.2 Å². The van der Waals surface area contributed by atoms with Crippen molar-refractivity contribution in [3.63, 3.8) is 0 Å². The molecule has 98 valence electrons. The first-order valence-corrected chi connectivity index (χ1v) is 7.76. The first-order valence-electron chi connectivity index (χ1n) is 6.77. The van der Waals surface area contributed by atoms with Crippen LogP contribution in [-0.4, -0.2) is 36.7 Å². The van der Waals surface area contributed by atoms with Gasteiger partial charge in [-0.25, -0.2) is 0 Å². The molecule has 3 nitrogen and oxygen atoms in total. The Morgan fingerprint density at radius 1 is 1.47 bits per heavy atom. The van der Waals surface area contributed by atoms with E-state index in [4.69, 9.17) is 4.74 Å². The van der Waals surface area contributed by atoms with Crippen LogP contribution in [0, 0.1) is 11.8 Å². The highest BCUT2D eigenvalue weighted by molar-refractivity contribution is 8.13. The van der Waals surface area contributed by atoms with E-state index < -0.39 is 0 Å². The molecule has 17 heavy (non-hydrogen) atoms. The summed E-state index contributed by atoms with van der Waals surface area (Å²) in [4.78, 5) is 4.58. The second-order valence-electron chi connectivity index (χ2n) is 5.41. The molecular formula is C13H24N2OS. The van der Waals surface area contributed by atoms with Crippen LogP contribution in [0.4, 0.5) is 0 Å². The molecule has 2 fully saturated rings. The van der Waals surface area contributed by atoms with Crippen molar-refractivity contribution >= 4 is 16.9 Å². The average molecular weight is 256 g/mol. The number of hydrogen-bond acceptors (Lipinski definition) is 3. The predicted molar refractivity (Wildman–Crippen MR) is 74.7 cm³/mol. The Hall–Kier alpha value is -0.220. The van der Waals surface area contributed by atoms with Crippen LogP contribution in [0.3, 0.4) is 0 Å². The lowest BCUT2D eigenvalue weighted by atomic mass is 10.1. The molecule has 0 radical (unpaired) electrons. The van der Waals surface area contributed by atoms with E-state index in [0.29, 0.717) is 12.0 Å². The van der Waals surface area contributed by atoms with Crippen LogP contribution < -0.4 is 5.32 Å². The molecule has 0 amide bonds. The Balaban J connectivity index is 1.64. The van der Waals surface area contributed by atoms with Gasteiger partial charge < -0.3 is 10.1 Å². The van der Waals surface area contributed by atoms with E-state index in [9.17, 15) is 0 Å². The second kappa shape index (κ2) is 6.64. The summed E-state index contributed by atoms with van der Waals surface area (Å²) in [5, 5.41) is 4.71. The van der Waals surface area contributed by atoms with Crippen LogP contribution in [0.15, 0.2) is 4.99 Å². The van der Waals surface area contributed by atoms with Gasteiger partial charge in [-0.2, -0.15) is 0 Å². The Morgan fingerprint density at radius 2 is 2.35 bits per heavy atom. The molecule has 2 aliphatic rings. The number of thioether (sulfide) groups is 1. The third kappa shape index (κ3) is 4.18. The number of aliphatic imine (C=N–C) groups is 1. The summed E-state index contributed by atoms with van der Waals surface area (Å²) >= 11 is 1.89. The molecule has 1 saturated heterocycles. The number of rotatable bonds is 5. The van der Waals surface area contributed by atoms with Gasteiger partial charge in [-0.1, -0.05) is 32.0 Å². The standard InChI is InChI=1S/C13H24N2OS/c1-10(2)8-16-7-6-14-13-15-12-5-3-4-11(12)9-17-13/h10-12H,3-9H2,1-2H3,(H,14,15). The van der Waals surface area contributed by atoms with Gasteiger partial charge in [0.1, 0.15) is 0 Å². The largest absolute Gasteiger partial charge is 0.379 e. The first kappa shape index (κ1) is 13.2. The molecule has 1 aliphatic heterocycles. The summed E-state index contributed by atoms with van der Waals surface area (Å²) in [6, 6.07) is 0.701. The summed E-state index contributed by atoms with van der Waals surface area (Å²) in [6.07, 6.45) is 4.11. The normalized spacial score (nSPS) is 30.6. The van der Waals surface area contributed by atoms with E-state index in [1.165, 1.54) is 25.0 Å². The number of nitrogens with one attached hydrogen (secondary N) is 1. The van der Waals surface area contributed by atoms with E-state index in [-0.39, 0.29) is 0 Å². The third-order valence-electron chi connectivity index (χ3n) is 3.34. The maximum Gasteiger partial charge on any atom is 0.156 e. The minimum absolute atomic E-state index is 0.615. The van der Waals surface area contributed by atoms with Crippen molar-refractivity contribution in [3.8, 4) is 0 Å². The summed E-state index contributed by atoms with van der Waals surface area (Å²) in [6.45, 7) is 6.73. The van der Waals surface area contributed by atoms with Gasteiger partial charge in [-0.15, -0.1) is 0 Å². The van der Waals surface area contributed by atoms with Gasteiger partial charge in [0.15, 0.2) is 5.17 Å². The molecule has 2 unspecified atom stereocenters. The van der Waals surface area contributed by atoms with Crippen molar-refractivity contribution in [3.05, 3.63) is 0 Å². The van der Waals surface area contributed by atoms with Gasteiger partial charge in [-0.05, 0) is 24.7 Å². The highest BCUT2D eigenvalue weighted by atomic mass is 32.2. The molecule has 0 aromatic rings. The van der Waals surface area contributed by atoms with Gasteiger partial charge in [0, 0.05) is 18.4 Å². The fourth-order valence-electron chi connectivity index (χ4n) is 2.43. The highest BCUT2D eigenvalue weighted by Crippen LogP contribution is 2.32. The van der Waals surface area contributed by atoms with Gasteiger partial charge in [0.05, 0.1) is 13.2 Å². The van der Waals surface area contributed by atoms with E-state index in [1.54, 1.807) is 0 Å². The number of amidine groups is 1. The number of hydrogen-bond donors (Lipinski definition) is 1. The van der Waals surface area contributed by atoms with Gasteiger partial charge in [0.2, 0.25) is 0 Å². The molecule has 1 saturated carbocycles. The van der Waals surface area contributed by atoms with Gasteiger partial charge in [0.25, 0.3) is 0 Å². The third-order valence-corrected chi connectivity index (χ3v) is 4.46. The second-order valence-corrected chi connectivity index (χ2v) is 6.42. The first-order chi connectivity index (χ1) is 8.25. The Labute approximate surface area is 109 Å². The molecule has 2 rings (SSSR count). The van der Waals surface area contributed by atoms with Crippen LogP contribution in [0.1, 0.15) is 33.1 Å². The van der Waals surface area contributed by atoms with Crippen molar-refractivity contribution in [2.75, 3.05) is 25.5 Å². The molecule has 1 heterocycles. The molecule has 0 aromatic carbocycles. The molecule has 0 spiro atoms. The minimum Gasteiger partial charge on any atom is -0.379 e. The maximum absolute atomic E-state index is 5.53. The van der Waals surface area contributed by atoms with Gasteiger partial charge in [-0.3, -0.25) is 4.99 Å².